The predicted molar refractivity (Wildman–Crippen MR) is 74.2 cm³/mol. The summed E-state index contributed by atoms with van der Waals surface area (Å²) in [6, 6.07) is 8.10. The molecule has 1 aromatic heterocycles. The van der Waals surface area contributed by atoms with Crippen molar-refractivity contribution in [1.29, 1.82) is 0 Å². The monoisotopic (exact) mass is 276 g/mol. The molecule has 2 aromatic rings. The number of esters is 1. The Hall–Kier alpha value is -1.75. The smallest absolute Gasteiger partial charge is 0.351 e. The minimum atomic E-state index is -0.380. The van der Waals surface area contributed by atoms with E-state index in [1.165, 1.54) is 11.8 Å². The molecule has 0 bridgehead atoms. The lowest BCUT2D eigenvalue weighted by Crippen LogP contribution is -2.11. The molecule has 4 nitrogen and oxygen atoms in total. The molecule has 0 N–H and O–H groups in total. The van der Waals surface area contributed by atoms with Crippen LogP contribution in [0.2, 0.25) is 0 Å². The molecule has 1 heterocycles. The third-order valence-electron chi connectivity index (χ3n) is 2.75. The van der Waals surface area contributed by atoms with Crippen molar-refractivity contribution in [3.05, 3.63) is 46.5 Å². The molecule has 19 heavy (non-hydrogen) atoms. The van der Waals surface area contributed by atoms with Crippen LogP contribution in [-0.2, 0) is 16.8 Å². The minimum Gasteiger partial charge on any atom is -0.457 e. The summed E-state index contributed by atoms with van der Waals surface area (Å²) in [6.45, 7) is 6.76. The van der Waals surface area contributed by atoms with Gasteiger partial charge in [0.15, 0.2) is 4.88 Å². The van der Waals surface area contributed by atoms with Gasteiger partial charge in [0.25, 0.3) is 0 Å². The highest BCUT2D eigenvalue weighted by atomic mass is 32.1. The second-order valence-corrected chi connectivity index (χ2v) is 6.09. The number of hydrogen-bond donors (Lipinski definition) is 0. The van der Waals surface area contributed by atoms with Crippen LogP contribution >= 0.6 is 11.5 Å². The van der Waals surface area contributed by atoms with E-state index in [1.807, 2.05) is 12.1 Å². The van der Waals surface area contributed by atoms with Gasteiger partial charge in [0.2, 0.25) is 0 Å². The number of aromatic nitrogens is 2. The molecular weight excluding hydrogens is 260 g/mol. The van der Waals surface area contributed by atoms with Crippen molar-refractivity contribution in [3.8, 4) is 0 Å². The minimum absolute atomic E-state index is 0.128. The predicted octanol–water partition coefficient (Wildman–Crippen LogP) is 3.19. The van der Waals surface area contributed by atoms with Gasteiger partial charge in [-0.2, -0.15) is 0 Å². The third kappa shape index (κ3) is 3.61. The van der Waals surface area contributed by atoms with Gasteiger partial charge in [-0.05, 0) is 28.1 Å². The van der Waals surface area contributed by atoms with E-state index in [0.717, 1.165) is 17.1 Å². The molecule has 0 aliphatic rings. The Kier molecular flexibility index (Phi) is 3.95. The van der Waals surface area contributed by atoms with Crippen molar-refractivity contribution in [2.45, 2.75) is 32.8 Å². The molecule has 1 aromatic carbocycles. The zero-order valence-corrected chi connectivity index (χ0v) is 12.0. The maximum atomic E-state index is 11.6. The Balaban J connectivity index is 1.95. The third-order valence-corrected chi connectivity index (χ3v) is 3.40. The van der Waals surface area contributed by atoms with Crippen molar-refractivity contribution >= 4 is 17.5 Å². The summed E-state index contributed by atoms with van der Waals surface area (Å²) in [5, 5.41) is 3.60. The molecule has 0 amide bonds. The molecular formula is C14H16N2O2S. The second kappa shape index (κ2) is 5.48. The second-order valence-electron chi connectivity index (χ2n) is 5.30. The first-order valence-electron chi connectivity index (χ1n) is 6.01. The largest absolute Gasteiger partial charge is 0.457 e. The van der Waals surface area contributed by atoms with Crippen LogP contribution in [-0.4, -0.2) is 15.6 Å². The number of hydrogen-bond acceptors (Lipinski definition) is 5. The average Bonchev–Trinajstić information content (AvgIpc) is 2.89. The summed E-state index contributed by atoms with van der Waals surface area (Å²) in [4.78, 5) is 12.0. The summed E-state index contributed by atoms with van der Waals surface area (Å²) in [7, 11) is 0. The van der Waals surface area contributed by atoms with Gasteiger partial charge in [0.1, 0.15) is 6.61 Å². The lowest BCUT2D eigenvalue weighted by Gasteiger charge is -2.19. The lowest BCUT2D eigenvalue weighted by molar-refractivity contribution is 0.0478. The fourth-order valence-electron chi connectivity index (χ4n) is 1.58. The molecule has 2 rings (SSSR count). The maximum absolute atomic E-state index is 11.6. The van der Waals surface area contributed by atoms with Gasteiger partial charge >= 0.3 is 5.97 Å². The normalized spacial score (nSPS) is 11.3. The molecule has 0 atom stereocenters. The van der Waals surface area contributed by atoms with Gasteiger partial charge in [-0.1, -0.05) is 49.5 Å². The molecule has 5 heteroatoms. The Bertz CT molecular complexity index is 542. The van der Waals surface area contributed by atoms with Crippen LogP contribution in [0.5, 0.6) is 0 Å². The molecule has 0 saturated carbocycles. The first kappa shape index (κ1) is 13.7. The highest BCUT2D eigenvalue weighted by molar-refractivity contribution is 7.07. The van der Waals surface area contributed by atoms with Gasteiger partial charge < -0.3 is 4.74 Å². The molecule has 0 spiro atoms. The van der Waals surface area contributed by atoms with Gasteiger partial charge in [-0.3, -0.25) is 0 Å². The van der Waals surface area contributed by atoms with Crippen LogP contribution in [0.1, 0.15) is 41.6 Å². The molecule has 0 aliphatic heterocycles. The fourth-order valence-corrected chi connectivity index (χ4v) is 1.99. The average molecular weight is 276 g/mol. The lowest BCUT2D eigenvalue weighted by atomic mass is 9.87. The van der Waals surface area contributed by atoms with Gasteiger partial charge in [0, 0.05) is 0 Å². The zero-order chi connectivity index (χ0) is 13.9. The van der Waals surface area contributed by atoms with Crippen LogP contribution in [0.3, 0.4) is 0 Å². The summed E-state index contributed by atoms with van der Waals surface area (Å²) in [5.41, 5.74) is 2.36. The van der Waals surface area contributed by atoms with E-state index in [9.17, 15) is 4.79 Å². The van der Waals surface area contributed by atoms with E-state index in [2.05, 4.69) is 42.5 Å². The van der Waals surface area contributed by atoms with E-state index in [-0.39, 0.29) is 18.0 Å². The topological polar surface area (TPSA) is 52.1 Å². The first-order chi connectivity index (χ1) is 8.97. The quantitative estimate of drug-likeness (QED) is 0.808. The van der Waals surface area contributed by atoms with Gasteiger partial charge in [0.05, 0.1) is 6.20 Å². The Labute approximate surface area is 116 Å². The first-order valence-corrected chi connectivity index (χ1v) is 6.78. The highest BCUT2D eigenvalue weighted by Crippen LogP contribution is 2.22. The highest BCUT2D eigenvalue weighted by Gasteiger charge is 2.13. The van der Waals surface area contributed by atoms with Crippen molar-refractivity contribution in [2.75, 3.05) is 0 Å². The van der Waals surface area contributed by atoms with Crippen LogP contribution in [0.25, 0.3) is 0 Å². The van der Waals surface area contributed by atoms with E-state index < -0.39 is 0 Å². The van der Waals surface area contributed by atoms with Crippen molar-refractivity contribution in [2.24, 2.45) is 0 Å². The van der Waals surface area contributed by atoms with Crippen LogP contribution < -0.4 is 0 Å². The summed E-state index contributed by atoms with van der Waals surface area (Å²) in [6.07, 6.45) is 1.41. The van der Waals surface area contributed by atoms with Crippen LogP contribution in [0.4, 0.5) is 0 Å². The van der Waals surface area contributed by atoms with Gasteiger partial charge in [-0.25, -0.2) is 4.79 Å². The number of benzene rings is 1. The molecule has 0 saturated heterocycles. The fraction of sp³-hybridized carbons (Fsp3) is 0.357. The number of ether oxygens (including phenoxy) is 1. The van der Waals surface area contributed by atoms with E-state index in [4.69, 9.17) is 4.74 Å². The van der Waals surface area contributed by atoms with Crippen molar-refractivity contribution in [1.82, 2.24) is 9.59 Å². The number of rotatable bonds is 3. The molecule has 0 aliphatic carbocycles. The van der Waals surface area contributed by atoms with Crippen molar-refractivity contribution in [3.63, 3.8) is 0 Å². The number of carbonyl (C=O) groups is 1. The SMILES string of the molecule is CC(C)(C)c1ccc(COC(=O)c2cnns2)cc1. The maximum Gasteiger partial charge on any atom is 0.351 e. The number of carbonyl (C=O) groups excluding carboxylic acids is 1. The molecule has 0 fully saturated rings. The van der Waals surface area contributed by atoms with E-state index in [1.54, 1.807) is 0 Å². The summed E-state index contributed by atoms with van der Waals surface area (Å²) < 4.78 is 8.82. The van der Waals surface area contributed by atoms with Crippen LogP contribution in [0, 0.1) is 0 Å². The van der Waals surface area contributed by atoms with Crippen molar-refractivity contribution < 1.29 is 9.53 Å². The van der Waals surface area contributed by atoms with E-state index in [0.29, 0.717) is 4.88 Å². The molecule has 0 unspecified atom stereocenters. The summed E-state index contributed by atoms with van der Waals surface area (Å²) in [5.74, 6) is -0.380. The zero-order valence-electron chi connectivity index (χ0n) is 11.2. The van der Waals surface area contributed by atoms with Crippen LogP contribution in [0.15, 0.2) is 30.5 Å². The number of nitrogens with zero attached hydrogens (tertiary/aromatic N) is 2. The van der Waals surface area contributed by atoms with Gasteiger partial charge in [-0.15, -0.1) is 5.10 Å². The summed E-state index contributed by atoms with van der Waals surface area (Å²) >= 11 is 1.04. The Morgan fingerprint density at radius 1 is 1.26 bits per heavy atom. The standard InChI is InChI=1S/C14H16N2O2S/c1-14(2,3)11-6-4-10(5-7-11)9-18-13(17)12-8-15-16-19-12/h4-8H,9H2,1-3H3. The molecule has 0 radical (unpaired) electrons. The Morgan fingerprint density at radius 2 is 1.95 bits per heavy atom. The Morgan fingerprint density at radius 3 is 2.47 bits per heavy atom. The molecule has 100 valence electrons. The van der Waals surface area contributed by atoms with E-state index >= 15 is 0 Å².